The largest absolute Gasteiger partial charge is 0.445 e. The zero-order valence-corrected chi connectivity index (χ0v) is 23.9. The van der Waals surface area contributed by atoms with Crippen LogP contribution in [0.15, 0.2) is 109 Å². The smallest absolute Gasteiger partial charge is 0.407 e. The first kappa shape index (κ1) is 29.5. The molecule has 3 unspecified atom stereocenters. The van der Waals surface area contributed by atoms with Crippen LogP contribution in [0.4, 0.5) is 4.79 Å². The number of ether oxygens (including phenoxy) is 3. The van der Waals surface area contributed by atoms with E-state index in [9.17, 15) is 9.90 Å². The van der Waals surface area contributed by atoms with Crippen LogP contribution in [-0.4, -0.2) is 39.6 Å². The fourth-order valence-corrected chi connectivity index (χ4v) is 5.42. The average molecular weight is 584 g/mol. The monoisotopic (exact) mass is 583 g/mol. The van der Waals surface area contributed by atoms with Gasteiger partial charge in [0, 0.05) is 36.7 Å². The van der Waals surface area contributed by atoms with E-state index in [1.807, 2.05) is 72.8 Å². The summed E-state index contributed by atoms with van der Waals surface area (Å²) < 4.78 is 17.9. The molecule has 8 nitrogen and oxygen atoms in total. The zero-order valence-electron chi connectivity index (χ0n) is 23.1. The van der Waals surface area contributed by atoms with Crippen LogP contribution in [0.1, 0.15) is 41.1 Å². The lowest BCUT2D eigenvalue weighted by Crippen LogP contribution is -2.31. The standard InChI is InChI=1S/C33H33N3O5S/c1-2-17-39-33(38)36-20-24-5-3-6-28(18-24)25-11-13-27(14-12-25)31-40-29(22-42-32-34-15-4-16-35-32)19-30(41-31)26-9-7-23(21-37)8-10-26/h2-16,18,29-31,37H,1,17,19-22H2,(H,36,38). The number of nitrogens with one attached hydrogen (secondary N) is 1. The van der Waals surface area contributed by atoms with E-state index in [1.54, 1.807) is 30.2 Å². The van der Waals surface area contributed by atoms with Crippen LogP contribution in [0.25, 0.3) is 11.1 Å². The molecule has 1 amide bonds. The van der Waals surface area contributed by atoms with Crippen LogP contribution in [0, 0.1) is 0 Å². The van der Waals surface area contributed by atoms with Crippen LogP contribution in [-0.2, 0) is 27.4 Å². The van der Waals surface area contributed by atoms with Crippen molar-refractivity contribution in [1.29, 1.82) is 0 Å². The van der Waals surface area contributed by atoms with Gasteiger partial charge in [-0.15, -0.1) is 0 Å². The molecular formula is C33H33N3O5S. The van der Waals surface area contributed by atoms with Gasteiger partial charge in [0.05, 0.1) is 18.8 Å². The molecular weight excluding hydrogens is 550 g/mol. The number of benzene rings is 3. The van der Waals surface area contributed by atoms with E-state index in [4.69, 9.17) is 14.2 Å². The summed E-state index contributed by atoms with van der Waals surface area (Å²) in [6.45, 7) is 4.08. The van der Waals surface area contributed by atoms with Crippen LogP contribution < -0.4 is 5.32 Å². The van der Waals surface area contributed by atoms with Gasteiger partial charge >= 0.3 is 6.09 Å². The number of alkyl carbamates (subject to hydrolysis) is 1. The molecule has 5 rings (SSSR count). The summed E-state index contributed by atoms with van der Waals surface area (Å²) in [6.07, 6.45) is 4.42. The SMILES string of the molecule is C=CCOC(=O)NCc1cccc(-c2ccc(C3OC(CSc4ncccn4)CC(c4ccc(CO)cc4)O3)cc2)c1. The van der Waals surface area contributed by atoms with Crippen molar-refractivity contribution < 1.29 is 24.1 Å². The molecule has 1 aliphatic rings. The summed E-state index contributed by atoms with van der Waals surface area (Å²) in [6, 6.07) is 25.8. The highest BCUT2D eigenvalue weighted by Gasteiger charge is 2.32. The molecule has 0 saturated carbocycles. The van der Waals surface area contributed by atoms with Crippen LogP contribution in [0.2, 0.25) is 0 Å². The molecule has 0 spiro atoms. The maximum atomic E-state index is 11.8. The van der Waals surface area contributed by atoms with Gasteiger partial charge < -0.3 is 24.6 Å². The second-order valence-electron chi connectivity index (χ2n) is 9.76. The molecule has 0 radical (unpaired) electrons. The molecule has 3 atom stereocenters. The molecule has 42 heavy (non-hydrogen) atoms. The maximum absolute atomic E-state index is 11.8. The number of amides is 1. The Bertz CT molecular complexity index is 1450. The Kier molecular flexibility index (Phi) is 10.3. The van der Waals surface area contributed by atoms with Crippen LogP contribution in [0.3, 0.4) is 0 Å². The number of carbonyl (C=O) groups is 1. The lowest BCUT2D eigenvalue weighted by atomic mass is 9.99. The zero-order chi connectivity index (χ0) is 29.1. The van der Waals surface area contributed by atoms with E-state index in [-0.39, 0.29) is 25.4 Å². The molecule has 0 aliphatic carbocycles. The van der Waals surface area contributed by atoms with Crippen molar-refractivity contribution in [3.05, 3.63) is 126 Å². The molecule has 2 N–H and O–H groups in total. The third-order valence-corrected chi connectivity index (χ3v) is 7.78. The van der Waals surface area contributed by atoms with Gasteiger partial charge in [-0.25, -0.2) is 14.8 Å². The molecule has 1 aromatic heterocycles. The number of thioether (sulfide) groups is 1. The highest BCUT2D eigenvalue weighted by molar-refractivity contribution is 7.99. The number of aliphatic hydroxyl groups is 1. The van der Waals surface area contributed by atoms with Crippen molar-refractivity contribution in [3.8, 4) is 11.1 Å². The molecule has 4 aromatic rings. The number of carbonyl (C=O) groups excluding carboxylic acids is 1. The van der Waals surface area contributed by atoms with E-state index >= 15 is 0 Å². The fraction of sp³-hybridized carbons (Fsp3) is 0.242. The second-order valence-corrected chi connectivity index (χ2v) is 10.7. The molecule has 1 aliphatic heterocycles. The summed E-state index contributed by atoms with van der Waals surface area (Å²) >= 11 is 1.56. The minimum atomic E-state index is -0.547. The van der Waals surface area contributed by atoms with Gasteiger partial charge in [-0.05, 0) is 39.9 Å². The molecule has 1 fully saturated rings. The Morgan fingerprint density at radius 1 is 0.976 bits per heavy atom. The molecule has 2 heterocycles. The number of hydrogen-bond donors (Lipinski definition) is 2. The van der Waals surface area contributed by atoms with Crippen molar-refractivity contribution in [2.75, 3.05) is 12.4 Å². The van der Waals surface area contributed by atoms with E-state index < -0.39 is 12.4 Å². The first-order chi connectivity index (χ1) is 20.6. The third-order valence-electron chi connectivity index (χ3n) is 6.77. The quantitative estimate of drug-likeness (QED) is 0.119. The van der Waals surface area contributed by atoms with Gasteiger partial charge in [0.15, 0.2) is 11.4 Å². The third kappa shape index (κ3) is 8.04. The Balaban J connectivity index is 1.29. The number of rotatable bonds is 11. The van der Waals surface area contributed by atoms with Gasteiger partial charge in [0.1, 0.15) is 6.61 Å². The molecule has 9 heteroatoms. The Labute approximate surface area is 249 Å². The van der Waals surface area contributed by atoms with Gasteiger partial charge in [0.25, 0.3) is 0 Å². The summed E-state index contributed by atoms with van der Waals surface area (Å²) in [5, 5.41) is 12.9. The molecule has 3 aromatic carbocycles. The Morgan fingerprint density at radius 3 is 2.48 bits per heavy atom. The predicted octanol–water partition coefficient (Wildman–Crippen LogP) is 6.39. The van der Waals surface area contributed by atoms with Gasteiger partial charge in [-0.1, -0.05) is 91.1 Å². The van der Waals surface area contributed by atoms with Gasteiger partial charge in [-0.2, -0.15) is 0 Å². The van der Waals surface area contributed by atoms with E-state index in [0.717, 1.165) is 33.4 Å². The highest BCUT2D eigenvalue weighted by atomic mass is 32.2. The van der Waals surface area contributed by atoms with Crippen molar-refractivity contribution >= 4 is 17.9 Å². The van der Waals surface area contributed by atoms with Crippen molar-refractivity contribution in [3.63, 3.8) is 0 Å². The number of hydrogen-bond acceptors (Lipinski definition) is 8. The minimum Gasteiger partial charge on any atom is -0.445 e. The van der Waals surface area contributed by atoms with E-state index in [0.29, 0.717) is 23.9 Å². The normalized spacial score (nSPS) is 18.3. The number of aliphatic hydroxyl groups excluding tert-OH is 1. The Morgan fingerprint density at radius 2 is 1.74 bits per heavy atom. The molecule has 0 bridgehead atoms. The maximum Gasteiger partial charge on any atom is 0.407 e. The number of nitrogens with zero attached hydrogens (tertiary/aromatic N) is 2. The fourth-order valence-electron chi connectivity index (χ4n) is 4.60. The average Bonchev–Trinajstić information content (AvgIpc) is 3.06. The van der Waals surface area contributed by atoms with Gasteiger partial charge in [-0.3, -0.25) is 0 Å². The Hall–Kier alpha value is -4.02. The van der Waals surface area contributed by atoms with Crippen molar-refractivity contribution in [2.24, 2.45) is 0 Å². The van der Waals surface area contributed by atoms with E-state index in [1.165, 1.54) is 6.08 Å². The van der Waals surface area contributed by atoms with Crippen molar-refractivity contribution in [2.45, 2.75) is 43.2 Å². The second kappa shape index (κ2) is 14.7. The highest BCUT2D eigenvalue weighted by Crippen LogP contribution is 2.39. The lowest BCUT2D eigenvalue weighted by Gasteiger charge is -2.36. The van der Waals surface area contributed by atoms with Crippen LogP contribution >= 0.6 is 11.8 Å². The summed E-state index contributed by atoms with van der Waals surface area (Å²) in [5.41, 5.74) is 5.86. The summed E-state index contributed by atoms with van der Waals surface area (Å²) in [4.78, 5) is 20.4. The summed E-state index contributed by atoms with van der Waals surface area (Å²) in [5.74, 6) is 0.690. The first-order valence-corrected chi connectivity index (χ1v) is 14.7. The molecule has 216 valence electrons. The first-order valence-electron chi connectivity index (χ1n) is 13.7. The van der Waals surface area contributed by atoms with Crippen molar-refractivity contribution in [1.82, 2.24) is 15.3 Å². The summed E-state index contributed by atoms with van der Waals surface area (Å²) in [7, 11) is 0. The number of aromatic nitrogens is 2. The lowest BCUT2D eigenvalue weighted by molar-refractivity contribution is -0.245. The minimum absolute atomic E-state index is 0.00191. The van der Waals surface area contributed by atoms with Gasteiger partial charge in [0.2, 0.25) is 0 Å². The van der Waals surface area contributed by atoms with E-state index in [2.05, 4.69) is 21.9 Å². The predicted molar refractivity (Wildman–Crippen MR) is 161 cm³/mol. The van der Waals surface area contributed by atoms with Crippen LogP contribution in [0.5, 0.6) is 0 Å². The topological polar surface area (TPSA) is 103 Å². The molecule has 1 saturated heterocycles.